The van der Waals surface area contributed by atoms with Crippen molar-refractivity contribution in [3.05, 3.63) is 98.2 Å². The van der Waals surface area contributed by atoms with Crippen molar-refractivity contribution in [2.75, 3.05) is 11.9 Å². The topological polar surface area (TPSA) is 88.4 Å². The van der Waals surface area contributed by atoms with Gasteiger partial charge in [0.15, 0.2) is 11.2 Å². The lowest BCUT2D eigenvalue weighted by Gasteiger charge is -2.13. The molecule has 4 aromatic rings. The minimum Gasteiger partial charge on any atom is -0.451 e. The van der Waals surface area contributed by atoms with Crippen LogP contribution in [0.1, 0.15) is 49.8 Å². The van der Waals surface area contributed by atoms with Crippen LogP contribution in [0.15, 0.2) is 69.9 Å². The molecular weight excluding hydrogens is 448 g/mol. The van der Waals surface area contributed by atoms with E-state index in [1.54, 1.807) is 24.3 Å². The number of benzene rings is 2. The molecule has 0 radical (unpaired) electrons. The summed E-state index contributed by atoms with van der Waals surface area (Å²) in [6, 6.07) is 18.0. The van der Waals surface area contributed by atoms with Gasteiger partial charge in [-0.25, -0.2) is 0 Å². The molecular formula is C27H24N2O4S. The zero-order valence-corrected chi connectivity index (χ0v) is 19.4. The third-order valence-electron chi connectivity index (χ3n) is 6.03. The second-order valence-electron chi connectivity index (χ2n) is 8.33. The van der Waals surface area contributed by atoms with Crippen LogP contribution >= 0.6 is 11.3 Å². The molecule has 2 amide bonds. The minimum absolute atomic E-state index is 0.0782. The first-order chi connectivity index (χ1) is 16.6. The molecule has 172 valence electrons. The predicted octanol–water partition coefficient (Wildman–Crippen LogP) is 4.96. The summed E-state index contributed by atoms with van der Waals surface area (Å²) in [7, 11) is 0. The Hall–Kier alpha value is -3.71. The Balaban J connectivity index is 1.39. The van der Waals surface area contributed by atoms with Gasteiger partial charge in [0.2, 0.25) is 0 Å². The van der Waals surface area contributed by atoms with E-state index in [9.17, 15) is 14.4 Å². The maximum atomic E-state index is 13.2. The summed E-state index contributed by atoms with van der Waals surface area (Å²) < 4.78 is 5.68. The summed E-state index contributed by atoms with van der Waals surface area (Å²) >= 11 is 1.44. The third kappa shape index (κ3) is 4.52. The highest BCUT2D eigenvalue weighted by molar-refractivity contribution is 7.17. The normalized spacial score (nSPS) is 12.8. The molecule has 1 aliphatic carbocycles. The Bertz CT molecular complexity index is 1420. The van der Waals surface area contributed by atoms with E-state index in [0.29, 0.717) is 28.1 Å². The number of hydrogen-bond acceptors (Lipinski definition) is 5. The molecule has 7 heteroatoms. The predicted molar refractivity (Wildman–Crippen MR) is 134 cm³/mol. The SMILES string of the molecule is O=C(Nc1sc2c(c1C(=O)NCCc1ccccc1)CCCC2)c1cc(=O)c2ccccc2o1. The zero-order valence-electron chi connectivity index (χ0n) is 18.6. The largest absolute Gasteiger partial charge is 0.451 e. The number of thiophene rings is 1. The van der Waals surface area contributed by atoms with Gasteiger partial charge in [0.05, 0.1) is 10.9 Å². The van der Waals surface area contributed by atoms with Crippen molar-refractivity contribution in [1.82, 2.24) is 5.32 Å². The molecule has 0 bridgehead atoms. The number of anilines is 1. The molecule has 0 atom stereocenters. The number of carbonyl (C=O) groups is 2. The highest BCUT2D eigenvalue weighted by Crippen LogP contribution is 2.38. The first-order valence-electron chi connectivity index (χ1n) is 11.4. The van der Waals surface area contributed by atoms with E-state index >= 15 is 0 Å². The Morgan fingerprint density at radius 1 is 0.941 bits per heavy atom. The first-order valence-corrected chi connectivity index (χ1v) is 12.2. The van der Waals surface area contributed by atoms with Crippen LogP contribution in [0, 0.1) is 0 Å². The lowest BCUT2D eigenvalue weighted by molar-refractivity contribution is 0.0954. The number of hydrogen-bond donors (Lipinski definition) is 2. The number of nitrogens with one attached hydrogen (secondary N) is 2. The zero-order chi connectivity index (χ0) is 23.5. The van der Waals surface area contributed by atoms with Crippen molar-refractivity contribution >= 4 is 39.1 Å². The van der Waals surface area contributed by atoms with Crippen LogP contribution in [0.4, 0.5) is 5.00 Å². The number of para-hydroxylation sites is 1. The molecule has 34 heavy (non-hydrogen) atoms. The second-order valence-corrected chi connectivity index (χ2v) is 9.44. The molecule has 0 fully saturated rings. The Morgan fingerprint density at radius 3 is 2.56 bits per heavy atom. The fourth-order valence-electron chi connectivity index (χ4n) is 4.33. The maximum absolute atomic E-state index is 13.2. The van der Waals surface area contributed by atoms with Gasteiger partial charge < -0.3 is 15.1 Å². The molecule has 2 aromatic heterocycles. The van der Waals surface area contributed by atoms with Crippen molar-refractivity contribution in [2.24, 2.45) is 0 Å². The molecule has 0 aliphatic heterocycles. The fraction of sp³-hybridized carbons (Fsp3) is 0.222. The smallest absolute Gasteiger partial charge is 0.292 e. The molecule has 2 aromatic carbocycles. The number of aryl methyl sites for hydroxylation is 1. The van der Waals surface area contributed by atoms with Gasteiger partial charge in [-0.1, -0.05) is 42.5 Å². The fourth-order valence-corrected chi connectivity index (χ4v) is 5.61. The number of rotatable bonds is 6. The van der Waals surface area contributed by atoms with Gasteiger partial charge in [0.1, 0.15) is 10.6 Å². The van der Waals surface area contributed by atoms with Gasteiger partial charge in [0, 0.05) is 17.5 Å². The minimum atomic E-state index is -0.542. The van der Waals surface area contributed by atoms with Crippen LogP contribution in [0.5, 0.6) is 0 Å². The standard InChI is InChI=1S/C27H24N2O4S/c30-20-16-22(33-21-12-6-4-10-18(20)21)25(31)29-27-24(19-11-5-7-13-23(19)34-27)26(32)28-15-14-17-8-2-1-3-9-17/h1-4,6,8-10,12,16H,5,7,11,13-15H2,(H,28,32)(H,29,31). The van der Waals surface area contributed by atoms with E-state index in [2.05, 4.69) is 10.6 Å². The van der Waals surface area contributed by atoms with Crippen LogP contribution in [0.2, 0.25) is 0 Å². The van der Waals surface area contributed by atoms with E-state index in [0.717, 1.165) is 48.1 Å². The Kier molecular flexibility index (Phi) is 6.27. The molecule has 5 rings (SSSR count). The average Bonchev–Trinajstić information content (AvgIpc) is 3.22. The lowest BCUT2D eigenvalue weighted by Crippen LogP contribution is -2.28. The molecule has 0 saturated heterocycles. The van der Waals surface area contributed by atoms with E-state index in [-0.39, 0.29) is 17.1 Å². The number of amides is 2. The molecule has 6 nitrogen and oxygen atoms in total. The summed E-state index contributed by atoms with van der Waals surface area (Å²) in [6.45, 7) is 0.500. The summed E-state index contributed by atoms with van der Waals surface area (Å²) in [6.07, 6.45) is 4.51. The first kappa shape index (κ1) is 22.1. The Labute approximate surface area is 200 Å². The second kappa shape index (κ2) is 9.65. The van der Waals surface area contributed by atoms with Crippen LogP contribution in [0.3, 0.4) is 0 Å². The monoisotopic (exact) mass is 472 g/mol. The summed E-state index contributed by atoms with van der Waals surface area (Å²) in [4.78, 5) is 39.8. The van der Waals surface area contributed by atoms with E-state index in [4.69, 9.17) is 4.42 Å². The van der Waals surface area contributed by atoms with E-state index in [1.165, 1.54) is 17.4 Å². The number of fused-ring (bicyclic) bond motifs is 2. The molecule has 2 N–H and O–H groups in total. The highest BCUT2D eigenvalue weighted by Gasteiger charge is 2.27. The van der Waals surface area contributed by atoms with Gasteiger partial charge >= 0.3 is 0 Å². The van der Waals surface area contributed by atoms with Crippen molar-refractivity contribution in [2.45, 2.75) is 32.1 Å². The molecule has 0 unspecified atom stereocenters. The van der Waals surface area contributed by atoms with E-state index in [1.807, 2.05) is 30.3 Å². The van der Waals surface area contributed by atoms with E-state index < -0.39 is 5.91 Å². The molecule has 0 saturated carbocycles. The van der Waals surface area contributed by atoms with Crippen molar-refractivity contribution in [3.63, 3.8) is 0 Å². The molecule has 2 heterocycles. The lowest BCUT2D eigenvalue weighted by atomic mass is 9.95. The molecule has 0 spiro atoms. The van der Waals surface area contributed by atoms with Crippen LogP contribution < -0.4 is 16.1 Å². The molecule has 1 aliphatic rings. The van der Waals surface area contributed by atoms with Gasteiger partial charge in [-0.15, -0.1) is 11.3 Å². The average molecular weight is 473 g/mol. The Morgan fingerprint density at radius 2 is 1.71 bits per heavy atom. The van der Waals surface area contributed by atoms with Crippen molar-refractivity contribution < 1.29 is 14.0 Å². The van der Waals surface area contributed by atoms with Crippen molar-refractivity contribution in [3.8, 4) is 0 Å². The van der Waals surface area contributed by atoms with Crippen LogP contribution in [0.25, 0.3) is 11.0 Å². The van der Waals surface area contributed by atoms with Crippen LogP contribution in [-0.2, 0) is 19.3 Å². The van der Waals surface area contributed by atoms with Gasteiger partial charge in [-0.05, 0) is 55.4 Å². The van der Waals surface area contributed by atoms with Crippen LogP contribution in [-0.4, -0.2) is 18.4 Å². The van der Waals surface area contributed by atoms with Gasteiger partial charge in [-0.3, -0.25) is 14.4 Å². The number of carbonyl (C=O) groups excluding carboxylic acids is 2. The maximum Gasteiger partial charge on any atom is 0.292 e. The van der Waals surface area contributed by atoms with Gasteiger partial charge in [-0.2, -0.15) is 0 Å². The summed E-state index contributed by atoms with van der Waals surface area (Å²) in [5.74, 6) is -0.809. The highest BCUT2D eigenvalue weighted by atomic mass is 32.1. The third-order valence-corrected chi connectivity index (χ3v) is 7.23. The summed E-state index contributed by atoms with van der Waals surface area (Å²) in [5, 5.41) is 6.79. The van der Waals surface area contributed by atoms with Crippen molar-refractivity contribution in [1.29, 1.82) is 0 Å². The quantitative estimate of drug-likeness (QED) is 0.415. The van der Waals surface area contributed by atoms with Gasteiger partial charge in [0.25, 0.3) is 11.8 Å². The summed E-state index contributed by atoms with van der Waals surface area (Å²) in [5.41, 5.74) is 2.77.